The number of benzene rings is 1. The molecule has 0 aromatic heterocycles. The molecule has 1 aliphatic carbocycles. The summed E-state index contributed by atoms with van der Waals surface area (Å²) in [5.74, 6) is 0.749. The van der Waals surface area contributed by atoms with E-state index >= 15 is 0 Å². The summed E-state index contributed by atoms with van der Waals surface area (Å²) < 4.78 is 6.53. The van der Waals surface area contributed by atoms with E-state index in [9.17, 15) is 5.11 Å². The minimum Gasteiger partial charge on any atom is -0.490 e. The molecule has 0 radical (unpaired) electrons. The van der Waals surface area contributed by atoms with E-state index in [1.54, 1.807) is 0 Å². The van der Waals surface area contributed by atoms with Crippen LogP contribution in [0.3, 0.4) is 0 Å². The Labute approximate surface area is 115 Å². The molecule has 0 heterocycles. The van der Waals surface area contributed by atoms with Gasteiger partial charge in [-0.25, -0.2) is 0 Å². The first-order valence-corrected chi connectivity index (χ1v) is 6.92. The Morgan fingerprint density at radius 3 is 2.89 bits per heavy atom. The van der Waals surface area contributed by atoms with Crippen LogP contribution in [-0.4, -0.2) is 35.6 Å². The quantitative estimate of drug-likeness (QED) is 0.712. The molecule has 1 unspecified atom stereocenters. The van der Waals surface area contributed by atoms with Crippen LogP contribution >= 0.6 is 15.9 Å². The number of nitrogens with one attached hydrogen (secondary N) is 1. The predicted molar refractivity (Wildman–Crippen MR) is 72.6 cm³/mol. The molecule has 100 valence electrons. The van der Waals surface area contributed by atoms with Crippen LogP contribution in [0.15, 0.2) is 22.7 Å². The lowest BCUT2D eigenvalue weighted by Crippen LogP contribution is -2.22. The van der Waals surface area contributed by atoms with Crippen LogP contribution in [0.25, 0.3) is 0 Å². The van der Waals surface area contributed by atoms with Gasteiger partial charge in [-0.15, -0.1) is 0 Å². The minimum atomic E-state index is -0.835. The maximum absolute atomic E-state index is 9.29. The molecule has 0 amide bonds. The second kappa shape index (κ2) is 6.52. The summed E-state index contributed by atoms with van der Waals surface area (Å²) in [7, 11) is 0. The summed E-state index contributed by atoms with van der Waals surface area (Å²) in [5, 5.41) is 21.5. The molecule has 1 atom stereocenters. The van der Waals surface area contributed by atoms with E-state index in [0.717, 1.165) is 22.3 Å². The van der Waals surface area contributed by atoms with Gasteiger partial charge in [-0.2, -0.15) is 0 Å². The van der Waals surface area contributed by atoms with E-state index in [4.69, 9.17) is 9.84 Å². The van der Waals surface area contributed by atoms with Crippen molar-refractivity contribution in [3.8, 4) is 5.75 Å². The van der Waals surface area contributed by atoms with Crippen LogP contribution in [0.1, 0.15) is 18.4 Å². The molecule has 3 N–H and O–H groups in total. The molecule has 18 heavy (non-hydrogen) atoms. The third-order valence-corrected chi connectivity index (χ3v) is 3.32. The highest BCUT2D eigenvalue weighted by atomic mass is 79.9. The van der Waals surface area contributed by atoms with Crippen molar-refractivity contribution < 1.29 is 14.9 Å². The molecular weight excluding hydrogens is 298 g/mol. The van der Waals surface area contributed by atoms with Crippen molar-refractivity contribution in [1.29, 1.82) is 0 Å². The summed E-state index contributed by atoms with van der Waals surface area (Å²) in [4.78, 5) is 0. The standard InChI is InChI=1S/C13H18BrNO3/c14-10-1-4-13(18-8-12(17)7-16)9(5-10)6-15-11-2-3-11/h1,4-5,11-12,15-17H,2-3,6-8H2. The number of hydrogen-bond donors (Lipinski definition) is 3. The Balaban J connectivity index is 1.97. The molecule has 1 saturated carbocycles. The number of aliphatic hydroxyl groups excluding tert-OH is 2. The summed E-state index contributed by atoms with van der Waals surface area (Å²) in [5.41, 5.74) is 1.06. The largest absolute Gasteiger partial charge is 0.490 e. The fourth-order valence-electron chi connectivity index (χ4n) is 1.61. The van der Waals surface area contributed by atoms with Crippen molar-refractivity contribution in [2.24, 2.45) is 0 Å². The van der Waals surface area contributed by atoms with Gasteiger partial charge in [0.05, 0.1) is 6.61 Å². The van der Waals surface area contributed by atoms with Crippen molar-refractivity contribution in [1.82, 2.24) is 5.32 Å². The van der Waals surface area contributed by atoms with E-state index in [1.807, 2.05) is 18.2 Å². The zero-order chi connectivity index (χ0) is 13.0. The zero-order valence-electron chi connectivity index (χ0n) is 10.1. The van der Waals surface area contributed by atoms with Gasteiger partial charge in [0.25, 0.3) is 0 Å². The second-order valence-corrected chi connectivity index (χ2v) is 5.47. The van der Waals surface area contributed by atoms with E-state index in [2.05, 4.69) is 21.2 Å². The second-order valence-electron chi connectivity index (χ2n) is 4.55. The highest BCUT2D eigenvalue weighted by Crippen LogP contribution is 2.25. The van der Waals surface area contributed by atoms with E-state index < -0.39 is 6.10 Å². The van der Waals surface area contributed by atoms with Crippen LogP contribution < -0.4 is 10.1 Å². The number of rotatable bonds is 7. The van der Waals surface area contributed by atoms with E-state index in [-0.39, 0.29) is 13.2 Å². The van der Waals surface area contributed by atoms with E-state index in [0.29, 0.717) is 6.04 Å². The Morgan fingerprint density at radius 2 is 2.22 bits per heavy atom. The van der Waals surface area contributed by atoms with Crippen molar-refractivity contribution in [2.45, 2.75) is 31.5 Å². The molecule has 0 spiro atoms. The topological polar surface area (TPSA) is 61.7 Å². The summed E-state index contributed by atoms with van der Waals surface area (Å²) in [6.07, 6.45) is 1.65. The Hall–Kier alpha value is -0.620. The Morgan fingerprint density at radius 1 is 1.44 bits per heavy atom. The van der Waals surface area contributed by atoms with Crippen LogP contribution in [-0.2, 0) is 6.54 Å². The molecule has 1 aliphatic rings. The lowest BCUT2D eigenvalue weighted by atomic mass is 10.2. The normalized spacial score (nSPS) is 16.6. The third-order valence-electron chi connectivity index (χ3n) is 2.82. The average molecular weight is 316 g/mol. The average Bonchev–Trinajstić information content (AvgIpc) is 3.18. The molecule has 1 aromatic carbocycles. The third kappa shape index (κ3) is 4.24. The molecule has 1 aromatic rings. The number of aliphatic hydroxyl groups is 2. The van der Waals surface area contributed by atoms with Crippen molar-refractivity contribution in [3.05, 3.63) is 28.2 Å². The van der Waals surface area contributed by atoms with Gasteiger partial charge in [-0.05, 0) is 31.0 Å². The number of halogens is 1. The first-order valence-electron chi connectivity index (χ1n) is 6.12. The fraction of sp³-hybridized carbons (Fsp3) is 0.538. The van der Waals surface area contributed by atoms with Crippen LogP contribution in [0.4, 0.5) is 0 Å². The smallest absolute Gasteiger partial charge is 0.124 e. The summed E-state index contributed by atoms with van der Waals surface area (Å²) >= 11 is 3.44. The maximum atomic E-state index is 9.29. The van der Waals surface area contributed by atoms with Crippen molar-refractivity contribution >= 4 is 15.9 Å². The monoisotopic (exact) mass is 315 g/mol. The minimum absolute atomic E-state index is 0.106. The summed E-state index contributed by atoms with van der Waals surface area (Å²) in [6, 6.07) is 6.43. The molecule has 4 nitrogen and oxygen atoms in total. The zero-order valence-corrected chi connectivity index (χ0v) is 11.7. The van der Waals surface area contributed by atoms with Crippen LogP contribution in [0, 0.1) is 0 Å². The predicted octanol–water partition coefficient (Wildman–Crippen LogP) is 1.43. The fourth-order valence-corrected chi connectivity index (χ4v) is 2.02. The van der Waals surface area contributed by atoms with Gasteiger partial charge in [-0.3, -0.25) is 0 Å². The SMILES string of the molecule is OCC(O)COc1ccc(Br)cc1CNC1CC1. The van der Waals surface area contributed by atoms with Gasteiger partial charge in [0, 0.05) is 22.6 Å². The van der Waals surface area contributed by atoms with Crippen LogP contribution in [0.5, 0.6) is 5.75 Å². The lowest BCUT2D eigenvalue weighted by Gasteiger charge is -2.14. The molecule has 1 fully saturated rings. The van der Waals surface area contributed by atoms with E-state index in [1.165, 1.54) is 12.8 Å². The van der Waals surface area contributed by atoms with Crippen molar-refractivity contribution in [2.75, 3.05) is 13.2 Å². The lowest BCUT2D eigenvalue weighted by molar-refractivity contribution is 0.0532. The molecule has 2 rings (SSSR count). The highest BCUT2D eigenvalue weighted by molar-refractivity contribution is 9.10. The molecule has 0 saturated heterocycles. The van der Waals surface area contributed by atoms with Crippen LogP contribution in [0.2, 0.25) is 0 Å². The Kier molecular flexibility index (Phi) is 5.00. The van der Waals surface area contributed by atoms with Gasteiger partial charge in [0.2, 0.25) is 0 Å². The molecular formula is C13H18BrNO3. The first kappa shape index (κ1) is 13.8. The number of hydrogen-bond acceptors (Lipinski definition) is 4. The van der Waals surface area contributed by atoms with Gasteiger partial charge in [0.15, 0.2) is 0 Å². The maximum Gasteiger partial charge on any atom is 0.124 e. The number of ether oxygens (including phenoxy) is 1. The van der Waals surface area contributed by atoms with Gasteiger partial charge in [0.1, 0.15) is 18.5 Å². The summed E-state index contributed by atoms with van der Waals surface area (Å²) in [6.45, 7) is 0.579. The van der Waals surface area contributed by atoms with Crippen molar-refractivity contribution in [3.63, 3.8) is 0 Å². The highest BCUT2D eigenvalue weighted by Gasteiger charge is 2.20. The first-order chi connectivity index (χ1) is 8.69. The molecule has 0 aliphatic heterocycles. The molecule has 0 bridgehead atoms. The van der Waals surface area contributed by atoms with Gasteiger partial charge >= 0.3 is 0 Å². The van der Waals surface area contributed by atoms with Gasteiger partial charge in [-0.1, -0.05) is 15.9 Å². The Bertz CT molecular complexity index is 396. The van der Waals surface area contributed by atoms with Gasteiger partial charge < -0.3 is 20.3 Å². The molecule has 5 heteroatoms.